The van der Waals surface area contributed by atoms with E-state index in [0.29, 0.717) is 0 Å². The summed E-state index contributed by atoms with van der Waals surface area (Å²) in [6.07, 6.45) is 0. The van der Waals surface area contributed by atoms with Crippen molar-refractivity contribution in [2.24, 2.45) is 0 Å². The van der Waals surface area contributed by atoms with Crippen LogP contribution in [0, 0.1) is 0 Å². The highest BCUT2D eigenvalue weighted by Gasteiger charge is 2.03. The van der Waals surface area contributed by atoms with Gasteiger partial charge in [0.1, 0.15) is 5.69 Å². The maximum atomic E-state index is 10.2. The van der Waals surface area contributed by atoms with E-state index in [2.05, 4.69) is 4.18 Å². The van der Waals surface area contributed by atoms with Gasteiger partial charge in [0.05, 0.1) is 0 Å². The van der Waals surface area contributed by atoms with Crippen LogP contribution in [0.2, 0.25) is 0 Å². The average molecular weight is 189 g/mol. The van der Waals surface area contributed by atoms with E-state index in [0.717, 1.165) is 0 Å². The molecule has 0 bridgehead atoms. The zero-order valence-electron chi connectivity index (χ0n) is 5.93. The van der Waals surface area contributed by atoms with Gasteiger partial charge in [0.15, 0.2) is 5.75 Å². The average Bonchev–Trinajstić information content (AvgIpc) is 2.04. The lowest BCUT2D eigenvalue weighted by atomic mass is 10.3. The summed E-state index contributed by atoms with van der Waals surface area (Å²) in [6.45, 7) is 0. The zero-order chi connectivity index (χ0) is 8.97. The van der Waals surface area contributed by atoms with Gasteiger partial charge in [0.2, 0.25) is 0 Å². The molecule has 0 spiro atoms. The molecule has 0 saturated carbocycles. The molecule has 0 aliphatic heterocycles. The minimum Gasteiger partial charge on any atom is -0.378 e. The van der Waals surface area contributed by atoms with Crippen LogP contribution in [0.4, 0.5) is 5.69 Å². The number of hydrogen-bond acceptors (Lipinski definition) is 4. The van der Waals surface area contributed by atoms with E-state index in [4.69, 9.17) is 9.76 Å². The number of rotatable bonds is 3. The van der Waals surface area contributed by atoms with Crippen LogP contribution in [-0.4, -0.2) is 14.0 Å². The van der Waals surface area contributed by atoms with Crippen molar-refractivity contribution in [1.82, 2.24) is 0 Å². The van der Waals surface area contributed by atoms with E-state index in [1.54, 1.807) is 12.1 Å². The van der Waals surface area contributed by atoms with E-state index in [-0.39, 0.29) is 11.4 Å². The Morgan fingerprint density at radius 2 is 2.08 bits per heavy atom. The molecule has 0 saturated heterocycles. The largest absolute Gasteiger partial charge is 0.378 e. The SMILES string of the molecule is O=S(O)Oc1ccccc1NO. The van der Waals surface area contributed by atoms with Crippen molar-refractivity contribution >= 4 is 17.0 Å². The fraction of sp³-hybridized carbons (Fsp3) is 0. The van der Waals surface area contributed by atoms with Crippen LogP contribution >= 0.6 is 0 Å². The Labute approximate surface area is 71.4 Å². The number of hydrogen-bond donors (Lipinski definition) is 3. The summed E-state index contributed by atoms with van der Waals surface area (Å²) >= 11 is -2.38. The van der Waals surface area contributed by atoms with E-state index < -0.39 is 11.4 Å². The third-order valence-corrected chi connectivity index (χ3v) is 1.49. The highest BCUT2D eigenvalue weighted by molar-refractivity contribution is 7.74. The first kappa shape index (κ1) is 8.98. The number of para-hydroxylation sites is 2. The van der Waals surface area contributed by atoms with E-state index >= 15 is 0 Å². The minimum atomic E-state index is -2.38. The molecule has 0 aliphatic rings. The maximum absolute atomic E-state index is 10.2. The van der Waals surface area contributed by atoms with Gasteiger partial charge in [-0.1, -0.05) is 12.1 Å². The van der Waals surface area contributed by atoms with Crippen molar-refractivity contribution in [3.05, 3.63) is 24.3 Å². The highest BCUT2D eigenvalue weighted by Crippen LogP contribution is 2.23. The van der Waals surface area contributed by atoms with Crippen LogP contribution in [-0.2, 0) is 11.4 Å². The van der Waals surface area contributed by atoms with Crippen molar-refractivity contribution < 1.29 is 18.2 Å². The molecule has 66 valence electrons. The van der Waals surface area contributed by atoms with Crippen LogP contribution < -0.4 is 9.66 Å². The Morgan fingerprint density at radius 3 is 2.67 bits per heavy atom. The number of anilines is 1. The molecule has 0 aliphatic carbocycles. The first-order valence-electron chi connectivity index (χ1n) is 3.02. The van der Waals surface area contributed by atoms with Crippen LogP contribution in [0.3, 0.4) is 0 Å². The number of nitrogens with one attached hydrogen (secondary N) is 1. The van der Waals surface area contributed by atoms with Crippen molar-refractivity contribution in [2.75, 3.05) is 5.48 Å². The van der Waals surface area contributed by atoms with Gasteiger partial charge in [-0.15, -0.1) is 0 Å². The van der Waals surface area contributed by atoms with Gasteiger partial charge in [-0.25, -0.2) is 0 Å². The molecule has 0 amide bonds. The third-order valence-electron chi connectivity index (χ3n) is 1.17. The second kappa shape index (κ2) is 4.05. The van der Waals surface area contributed by atoms with E-state index in [1.165, 1.54) is 12.1 Å². The van der Waals surface area contributed by atoms with Gasteiger partial charge in [0, 0.05) is 0 Å². The summed E-state index contributed by atoms with van der Waals surface area (Å²) < 4.78 is 23.0. The molecule has 5 nitrogen and oxygen atoms in total. The molecule has 0 aromatic heterocycles. The second-order valence-corrected chi connectivity index (χ2v) is 2.51. The van der Waals surface area contributed by atoms with Gasteiger partial charge < -0.3 is 4.18 Å². The van der Waals surface area contributed by atoms with Gasteiger partial charge in [-0.2, -0.15) is 4.21 Å². The molecule has 1 unspecified atom stereocenters. The Hall–Kier alpha value is -1.11. The molecule has 1 aromatic carbocycles. The molecule has 1 aromatic rings. The molecule has 0 fully saturated rings. The molecular weight excluding hydrogens is 182 g/mol. The minimum absolute atomic E-state index is 0.112. The first-order chi connectivity index (χ1) is 5.74. The first-order valence-corrected chi connectivity index (χ1v) is 4.05. The van der Waals surface area contributed by atoms with Gasteiger partial charge >= 0.3 is 11.4 Å². The molecular formula is C6H7NO4S. The molecule has 6 heteroatoms. The van der Waals surface area contributed by atoms with Crippen LogP contribution in [0.5, 0.6) is 5.75 Å². The molecule has 0 heterocycles. The Bertz CT molecular complexity index is 291. The van der Waals surface area contributed by atoms with Crippen LogP contribution in [0.1, 0.15) is 0 Å². The van der Waals surface area contributed by atoms with Crippen molar-refractivity contribution in [3.8, 4) is 5.75 Å². The van der Waals surface area contributed by atoms with Crippen molar-refractivity contribution in [2.45, 2.75) is 0 Å². The quantitative estimate of drug-likeness (QED) is 0.488. The van der Waals surface area contributed by atoms with Crippen molar-refractivity contribution in [3.63, 3.8) is 0 Å². The predicted octanol–water partition coefficient (Wildman–Crippen LogP) is 1.00. The predicted molar refractivity (Wildman–Crippen MR) is 43.3 cm³/mol. The Balaban J connectivity index is 2.89. The summed E-state index contributed by atoms with van der Waals surface area (Å²) in [4.78, 5) is 0. The normalized spacial score (nSPS) is 12.2. The topological polar surface area (TPSA) is 78.8 Å². The van der Waals surface area contributed by atoms with Crippen LogP contribution in [0.15, 0.2) is 24.3 Å². The summed E-state index contributed by atoms with van der Waals surface area (Å²) in [7, 11) is 0. The van der Waals surface area contributed by atoms with Gasteiger partial charge in [-0.3, -0.25) is 15.2 Å². The fourth-order valence-corrected chi connectivity index (χ4v) is 1.01. The monoisotopic (exact) mass is 189 g/mol. The zero-order valence-corrected chi connectivity index (χ0v) is 6.75. The lowest BCUT2D eigenvalue weighted by Gasteiger charge is -2.04. The standard InChI is InChI=1S/C6H7NO4S/c8-7-5-3-1-2-4-6(5)11-12(9)10/h1-4,7-8H,(H,9,10). The molecule has 1 rings (SSSR count). The lowest BCUT2D eigenvalue weighted by molar-refractivity contribution is 0.384. The molecule has 1 atom stereocenters. The van der Waals surface area contributed by atoms with Gasteiger partial charge in [0.25, 0.3) is 0 Å². The Morgan fingerprint density at radius 1 is 1.42 bits per heavy atom. The van der Waals surface area contributed by atoms with Gasteiger partial charge in [-0.05, 0) is 12.1 Å². The third kappa shape index (κ3) is 2.19. The number of benzene rings is 1. The summed E-state index contributed by atoms with van der Waals surface area (Å²) in [5.41, 5.74) is 2.07. The highest BCUT2D eigenvalue weighted by atomic mass is 32.2. The van der Waals surface area contributed by atoms with Crippen molar-refractivity contribution in [1.29, 1.82) is 0 Å². The fourth-order valence-electron chi connectivity index (χ4n) is 0.708. The molecule has 12 heavy (non-hydrogen) atoms. The summed E-state index contributed by atoms with van der Waals surface area (Å²) in [5, 5.41) is 8.52. The van der Waals surface area contributed by atoms with E-state index in [9.17, 15) is 4.21 Å². The van der Waals surface area contributed by atoms with E-state index in [1.807, 2.05) is 5.48 Å². The molecule has 0 radical (unpaired) electrons. The summed E-state index contributed by atoms with van der Waals surface area (Å²) in [5.74, 6) is 0.112. The smallest absolute Gasteiger partial charge is 0.357 e. The molecule has 3 N–H and O–H groups in total. The summed E-state index contributed by atoms with van der Waals surface area (Å²) in [6, 6.07) is 6.21. The lowest BCUT2D eigenvalue weighted by Crippen LogP contribution is -2.00. The maximum Gasteiger partial charge on any atom is 0.357 e. The van der Waals surface area contributed by atoms with Crippen LogP contribution in [0.25, 0.3) is 0 Å². The second-order valence-electron chi connectivity index (χ2n) is 1.91. The Kier molecular flexibility index (Phi) is 3.03.